The maximum absolute atomic E-state index is 15.1. The van der Waals surface area contributed by atoms with E-state index in [4.69, 9.17) is 0 Å². The number of amides is 2. The van der Waals surface area contributed by atoms with Crippen LogP contribution in [-0.4, -0.2) is 21.6 Å². The smallest absolute Gasteiger partial charge is 0.268 e. The Morgan fingerprint density at radius 3 is 2.16 bits per heavy atom. The summed E-state index contributed by atoms with van der Waals surface area (Å²) in [6.07, 6.45) is -2.74. The van der Waals surface area contributed by atoms with Crippen LogP contribution < -0.4 is 4.90 Å². The monoisotopic (exact) mass is 429 g/mol. The average Bonchev–Trinajstić information content (AvgIpc) is 3.25. The number of alkyl halides is 3. The summed E-state index contributed by atoms with van der Waals surface area (Å²) < 4.78 is 56.4. The lowest BCUT2D eigenvalue weighted by Gasteiger charge is -2.17. The summed E-state index contributed by atoms with van der Waals surface area (Å²) in [6, 6.07) is 9.82. The van der Waals surface area contributed by atoms with Gasteiger partial charge < -0.3 is 0 Å². The van der Waals surface area contributed by atoms with Gasteiger partial charge in [0, 0.05) is 17.3 Å². The van der Waals surface area contributed by atoms with E-state index < -0.39 is 29.5 Å². The first-order chi connectivity index (χ1) is 14.8. The number of carbonyl (C=O) groups is 2. The second-order valence-electron chi connectivity index (χ2n) is 7.52. The zero-order chi connectivity index (χ0) is 21.9. The van der Waals surface area contributed by atoms with Gasteiger partial charge in [0.25, 0.3) is 11.8 Å². The van der Waals surface area contributed by atoms with Crippen molar-refractivity contribution in [2.24, 2.45) is 0 Å². The number of rotatable bonds is 2. The standard InChI is InChI=1S/C22H15F4N3O2/c23-16-11-12(28-20(30)13-5-1-2-6-14(13)21(28)31)9-10-18(16)29-17-8-4-3-7-15(17)19(27-29)22(24,25)26/h1-2,5-6,9-11H,3-4,7-8H2. The summed E-state index contributed by atoms with van der Waals surface area (Å²) in [5.41, 5.74) is -0.279. The summed E-state index contributed by atoms with van der Waals surface area (Å²) in [6.45, 7) is 0. The summed E-state index contributed by atoms with van der Waals surface area (Å²) in [5.74, 6) is -2.04. The molecule has 0 fully saturated rings. The Balaban J connectivity index is 1.57. The molecule has 0 bridgehead atoms. The maximum Gasteiger partial charge on any atom is 0.435 e. The molecule has 0 saturated heterocycles. The van der Waals surface area contributed by atoms with Gasteiger partial charge in [-0.2, -0.15) is 18.3 Å². The van der Waals surface area contributed by atoms with E-state index in [2.05, 4.69) is 5.10 Å². The van der Waals surface area contributed by atoms with Crippen LogP contribution in [0.5, 0.6) is 0 Å². The Morgan fingerprint density at radius 2 is 1.55 bits per heavy atom. The Bertz CT molecular complexity index is 1210. The molecule has 2 aromatic carbocycles. The highest BCUT2D eigenvalue weighted by atomic mass is 19.4. The SMILES string of the molecule is O=C1c2ccccc2C(=O)N1c1ccc(-n2nc(C(F)(F)F)c3c2CCCC3)c(F)c1. The number of nitrogens with zero attached hydrogens (tertiary/aromatic N) is 3. The molecular formula is C22H15F4N3O2. The molecule has 0 spiro atoms. The fourth-order valence-electron chi connectivity index (χ4n) is 4.26. The Hall–Kier alpha value is -3.49. The van der Waals surface area contributed by atoms with Crippen molar-refractivity contribution in [1.82, 2.24) is 9.78 Å². The number of benzene rings is 2. The topological polar surface area (TPSA) is 55.2 Å². The molecule has 31 heavy (non-hydrogen) atoms. The molecule has 9 heteroatoms. The third-order valence-corrected chi connectivity index (χ3v) is 5.66. The van der Waals surface area contributed by atoms with Gasteiger partial charge >= 0.3 is 6.18 Å². The zero-order valence-corrected chi connectivity index (χ0v) is 16.0. The van der Waals surface area contributed by atoms with Crippen LogP contribution in [0.1, 0.15) is 50.5 Å². The van der Waals surface area contributed by atoms with Crippen molar-refractivity contribution in [3.05, 3.63) is 76.4 Å². The minimum absolute atomic E-state index is 0.00418. The molecule has 1 aliphatic carbocycles. The van der Waals surface area contributed by atoms with Crippen molar-refractivity contribution >= 4 is 17.5 Å². The Morgan fingerprint density at radius 1 is 0.903 bits per heavy atom. The van der Waals surface area contributed by atoms with E-state index in [0.29, 0.717) is 25.0 Å². The zero-order valence-electron chi connectivity index (χ0n) is 16.0. The molecule has 0 N–H and O–H groups in total. The van der Waals surface area contributed by atoms with Crippen LogP contribution in [0.15, 0.2) is 42.5 Å². The molecule has 0 unspecified atom stereocenters. The van der Waals surface area contributed by atoms with Gasteiger partial charge in [0.05, 0.1) is 16.8 Å². The molecule has 158 valence electrons. The van der Waals surface area contributed by atoms with Crippen molar-refractivity contribution in [2.75, 3.05) is 4.90 Å². The molecule has 1 aromatic heterocycles. The molecule has 1 aliphatic heterocycles. The van der Waals surface area contributed by atoms with E-state index in [0.717, 1.165) is 15.6 Å². The van der Waals surface area contributed by atoms with Gasteiger partial charge in [0.2, 0.25) is 0 Å². The van der Waals surface area contributed by atoms with E-state index in [1.165, 1.54) is 24.3 Å². The van der Waals surface area contributed by atoms with E-state index in [1.807, 2.05) is 0 Å². The predicted molar refractivity (Wildman–Crippen MR) is 103 cm³/mol. The van der Waals surface area contributed by atoms with Crippen LogP contribution >= 0.6 is 0 Å². The number of aromatic nitrogens is 2. The van der Waals surface area contributed by atoms with Gasteiger partial charge in [-0.05, 0) is 49.9 Å². The Kier molecular flexibility index (Phi) is 4.25. The molecule has 0 radical (unpaired) electrons. The fourth-order valence-corrected chi connectivity index (χ4v) is 4.26. The van der Waals surface area contributed by atoms with Gasteiger partial charge in [-0.15, -0.1) is 0 Å². The van der Waals surface area contributed by atoms with Gasteiger partial charge in [-0.3, -0.25) is 9.59 Å². The molecule has 2 aliphatic rings. The first kappa shape index (κ1) is 19.5. The molecule has 0 atom stereocenters. The van der Waals surface area contributed by atoms with Crippen LogP contribution in [0.3, 0.4) is 0 Å². The van der Waals surface area contributed by atoms with Crippen LogP contribution in [0, 0.1) is 5.82 Å². The van der Waals surface area contributed by atoms with E-state index in [-0.39, 0.29) is 34.5 Å². The molecule has 2 amide bonds. The maximum atomic E-state index is 15.1. The number of fused-ring (bicyclic) bond motifs is 2. The van der Waals surface area contributed by atoms with Crippen LogP contribution in [0.2, 0.25) is 0 Å². The number of anilines is 1. The predicted octanol–water partition coefficient (Wildman–Crippen LogP) is 4.71. The minimum Gasteiger partial charge on any atom is -0.268 e. The second kappa shape index (κ2) is 6.76. The van der Waals surface area contributed by atoms with Crippen LogP contribution in [0.4, 0.5) is 23.2 Å². The van der Waals surface area contributed by atoms with Gasteiger partial charge in [0.1, 0.15) is 5.69 Å². The number of hydrogen-bond acceptors (Lipinski definition) is 3. The number of imide groups is 1. The number of halogens is 4. The second-order valence-corrected chi connectivity index (χ2v) is 7.52. The summed E-state index contributed by atoms with van der Waals surface area (Å²) in [4.78, 5) is 26.1. The highest BCUT2D eigenvalue weighted by molar-refractivity contribution is 6.34. The van der Waals surface area contributed by atoms with Gasteiger partial charge in [-0.25, -0.2) is 14.0 Å². The highest BCUT2D eigenvalue weighted by Gasteiger charge is 2.40. The summed E-state index contributed by atoms with van der Waals surface area (Å²) in [5, 5.41) is 3.69. The molecule has 3 aromatic rings. The number of hydrogen-bond donors (Lipinski definition) is 0. The van der Waals surface area contributed by atoms with E-state index in [9.17, 15) is 22.8 Å². The quantitative estimate of drug-likeness (QED) is 0.438. The van der Waals surface area contributed by atoms with Crippen molar-refractivity contribution in [3.8, 4) is 5.69 Å². The number of carbonyl (C=O) groups excluding carboxylic acids is 2. The van der Waals surface area contributed by atoms with Crippen molar-refractivity contribution in [1.29, 1.82) is 0 Å². The lowest BCUT2D eigenvalue weighted by molar-refractivity contribution is -0.142. The van der Waals surface area contributed by atoms with Gasteiger partial charge in [0.15, 0.2) is 11.5 Å². The first-order valence-electron chi connectivity index (χ1n) is 9.73. The lowest BCUT2D eigenvalue weighted by atomic mass is 9.95. The molecule has 5 rings (SSSR count). The summed E-state index contributed by atoms with van der Waals surface area (Å²) >= 11 is 0. The average molecular weight is 429 g/mol. The van der Waals surface area contributed by atoms with Crippen molar-refractivity contribution in [2.45, 2.75) is 31.9 Å². The normalized spacial score (nSPS) is 15.9. The van der Waals surface area contributed by atoms with Crippen molar-refractivity contribution in [3.63, 3.8) is 0 Å². The first-order valence-corrected chi connectivity index (χ1v) is 9.73. The van der Waals surface area contributed by atoms with Crippen LogP contribution in [-0.2, 0) is 19.0 Å². The Labute approximate surface area is 173 Å². The minimum atomic E-state index is -4.64. The lowest BCUT2D eigenvalue weighted by Crippen LogP contribution is -2.29. The van der Waals surface area contributed by atoms with Gasteiger partial charge in [-0.1, -0.05) is 12.1 Å². The third kappa shape index (κ3) is 2.95. The fraction of sp³-hybridized carbons (Fsp3) is 0.227. The third-order valence-electron chi connectivity index (χ3n) is 5.66. The largest absolute Gasteiger partial charge is 0.435 e. The van der Waals surface area contributed by atoms with Crippen molar-refractivity contribution < 1.29 is 27.2 Å². The van der Waals surface area contributed by atoms with Crippen LogP contribution in [0.25, 0.3) is 5.69 Å². The summed E-state index contributed by atoms with van der Waals surface area (Å²) in [7, 11) is 0. The highest BCUT2D eigenvalue weighted by Crippen LogP contribution is 2.38. The molecule has 0 saturated carbocycles. The van der Waals surface area contributed by atoms with E-state index >= 15 is 4.39 Å². The molecule has 5 nitrogen and oxygen atoms in total. The van der Waals surface area contributed by atoms with E-state index in [1.54, 1.807) is 12.1 Å². The molecule has 2 heterocycles. The molecular weight excluding hydrogens is 414 g/mol.